The Labute approximate surface area is 243 Å². The number of hydrogen-bond donors (Lipinski definition) is 0. The number of aromatic nitrogens is 4. The summed E-state index contributed by atoms with van der Waals surface area (Å²) in [5.41, 5.74) is 4.81. The summed E-state index contributed by atoms with van der Waals surface area (Å²) >= 11 is 1.27. The minimum absolute atomic E-state index is 0.0374. The number of piperazine rings is 1. The molecule has 10 nitrogen and oxygen atoms in total. The fourth-order valence-corrected chi connectivity index (χ4v) is 5.88. The van der Waals surface area contributed by atoms with Crippen LogP contribution in [0.15, 0.2) is 53.7 Å². The van der Waals surface area contributed by atoms with Crippen LogP contribution in [0, 0.1) is 6.92 Å². The van der Waals surface area contributed by atoms with Crippen molar-refractivity contribution in [2.45, 2.75) is 51.4 Å². The highest BCUT2D eigenvalue weighted by molar-refractivity contribution is 7.99. The molecule has 3 heterocycles. The summed E-state index contributed by atoms with van der Waals surface area (Å²) in [7, 11) is 0. The molecule has 1 atom stereocenters. The van der Waals surface area contributed by atoms with Crippen molar-refractivity contribution < 1.29 is 19.1 Å². The highest BCUT2D eigenvalue weighted by Crippen LogP contribution is 2.29. The summed E-state index contributed by atoms with van der Waals surface area (Å²) in [6.45, 7) is 7.97. The average Bonchev–Trinajstić information content (AvgIpc) is 3.26. The van der Waals surface area contributed by atoms with Gasteiger partial charge in [-0.05, 0) is 38.5 Å². The Hall–Kier alpha value is -3.99. The van der Waals surface area contributed by atoms with E-state index in [1.165, 1.54) is 11.8 Å². The van der Waals surface area contributed by atoms with E-state index in [2.05, 4.69) is 52.0 Å². The summed E-state index contributed by atoms with van der Waals surface area (Å²) in [4.78, 5) is 45.7. The first kappa shape index (κ1) is 28.5. The number of benzene rings is 2. The molecule has 0 bridgehead atoms. The maximum Gasteiger partial charge on any atom is 0.306 e. The van der Waals surface area contributed by atoms with E-state index in [1.54, 1.807) is 16.7 Å². The third-order valence-electron chi connectivity index (χ3n) is 7.26. The maximum atomic E-state index is 13.1. The van der Waals surface area contributed by atoms with Crippen LogP contribution in [-0.4, -0.2) is 85.4 Å². The Morgan fingerprint density at radius 3 is 2.59 bits per heavy atom. The minimum atomic E-state index is -0.371. The van der Waals surface area contributed by atoms with Crippen molar-refractivity contribution in [2.24, 2.45) is 0 Å². The molecule has 1 aliphatic rings. The molecule has 2 aromatic carbocycles. The van der Waals surface area contributed by atoms with Crippen molar-refractivity contribution in [1.29, 1.82) is 0 Å². The fraction of sp³-hybridized carbons (Fsp3) is 0.400. The van der Waals surface area contributed by atoms with E-state index >= 15 is 0 Å². The normalized spacial score (nSPS) is 15.4. The molecular weight excluding hydrogens is 540 g/mol. The number of nitrogens with zero attached hydrogens (tertiary/aromatic N) is 6. The van der Waals surface area contributed by atoms with Crippen LogP contribution in [0.2, 0.25) is 0 Å². The summed E-state index contributed by atoms with van der Waals surface area (Å²) < 4.78 is 7.07. The van der Waals surface area contributed by atoms with Crippen molar-refractivity contribution in [3.63, 3.8) is 0 Å². The average molecular weight is 575 g/mol. The van der Waals surface area contributed by atoms with Crippen LogP contribution in [0.5, 0.6) is 0 Å². The number of rotatable bonds is 9. The summed E-state index contributed by atoms with van der Waals surface area (Å²) in [5.74, 6) is -0.329. The monoisotopic (exact) mass is 574 g/mol. The SMILES string of the molecule is CCOC(=O)CCC(=O)N1CCN(C(=O)CSc2nnc3c4cc(C)ccc4n(Cc4ccccc4)c3n2)CC1C. The van der Waals surface area contributed by atoms with Gasteiger partial charge in [0.2, 0.25) is 17.0 Å². The van der Waals surface area contributed by atoms with Gasteiger partial charge in [-0.25, -0.2) is 4.98 Å². The number of carbonyl (C=O) groups is 3. The first-order valence-electron chi connectivity index (χ1n) is 13.9. The second-order valence-corrected chi connectivity index (χ2v) is 11.2. The highest BCUT2D eigenvalue weighted by Gasteiger charge is 2.30. The van der Waals surface area contributed by atoms with Gasteiger partial charge in [-0.3, -0.25) is 14.4 Å². The first-order valence-corrected chi connectivity index (χ1v) is 14.9. The molecule has 5 rings (SSSR count). The van der Waals surface area contributed by atoms with Crippen molar-refractivity contribution in [1.82, 2.24) is 29.5 Å². The number of fused-ring (bicyclic) bond motifs is 3. The van der Waals surface area contributed by atoms with E-state index < -0.39 is 0 Å². The Bertz CT molecular complexity index is 1570. The second-order valence-electron chi connectivity index (χ2n) is 10.2. The summed E-state index contributed by atoms with van der Waals surface area (Å²) in [5, 5.41) is 10.3. The predicted octanol–water partition coefficient (Wildman–Crippen LogP) is 3.83. The van der Waals surface area contributed by atoms with E-state index in [0.29, 0.717) is 37.9 Å². The molecule has 41 heavy (non-hydrogen) atoms. The molecule has 214 valence electrons. The zero-order valence-corrected chi connectivity index (χ0v) is 24.4. The molecule has 0 spiro atoms. The van der Waals surface area contributed by atoms with Gasteiger partial charge in [0.15, 0.2) is 5.65 Å². The van der Waals surface area contributed by atoms with Crippen LogP contribution in [0.4, 0.5) is 0 Å². The van der Waals surface area contributed by atoms with Gasteiger partial charge < -0.3 is 19.1 Å². The predicted molar refractivity (Wildman–Crippen MR) is 157 cm³/mol. The number of hydrogen-bond acceptors (Lipinski definition) is 8. The van der Waals surface area contributed by atoms with Crippen LogP contribution >= 0.6 is 11.8 Å². The number of thioether (sulfide) groups is 1. The van der Waals surface area contributed by atoms with Crippen LogP contribution in [0.3, 0.4) is 0 Å². The van der Waals surface area contributed by atoms with Crippen LogP contribution in [0.25, 0.3) is 22.1 Å². The lowest BCUT2D eigenvalue weighted by Crippen LogP contribution is -2.55. The van der Waals surface area contributed by atoms with Crippen molar-refractivity contribution in [3.8, 4) is 0 Å². The Morgan fingerprint density at radius 1 is 1.02 bits per heavy atom. The van der Waals surface area contributed by atoms with Crippen molar-refractivity contribution >= 4 is 51.6 Å². The highest BCUT2D eigenvalue weighted by atomic mass is 32.2. The molecule has 1 unspecified atom stereocenters. The van der Waals surface area contributed by atoms with Crippen LogP contribution < -0.4 is 0 Å². The molecule has 1 aliphatic heterocycles. The van der Waals surface area contributed by atoms with Gasteiger partial charge in [-0.2, -0.15) is 0 Å². The van der Waals surface area contributed by atoms with Gasteiger partial charge in [0.1, 0.15) is 5.52 Å². The van der Waals surface area contributed by atoms with E-state index in [0.717, 1.165) is 33.2 Å². The fourth-order valence-electron chi connectivity index (χ4n) is 5.20. The molecular formula is C30H34N6O4S. The first-order chi connectivity index (χ1) is 19.8. The molecule has 1 fully saturated rings. The number of esters is 1. The van der Waals surface area contributed by atoms with Gasteiger partial charge in [0, 0.05) is 44.0 Å². The van der Waals surface area contributed by atoms with E-state index in [9.17, 15) is 14.4 Å². The number of amides is 2. The number of carbonyl (C=O) groups excluding carboxylic acids is 3. The Kier molecular flexibility index (Phi) is 8.82. The quantitative estimate of drug-likeness (QED) is 0.219. The van der Waals surface area contributed by atoms with Gasteiger partial charge in [0.25, 0.3) is 0 Å². The zero-order valence-electron chi connectivity index (χ0n) is 23.6. The summed E-state index contributed by atoms with van der Waals surface area (Å²) in [6, 6.07) is 16.4. The van der Waals surface area contributed by atoms with Gasteiger partial charge in [-0.1, -0.05) is 53.7 Å². The lowest BCUT2D eigenvalue weighted by atomic mass is 10.1. The Morgan fingerprint density at radius 2 is 1.83 bits per heavy atom. The minimum Gasteiger partial charge on any atom is -0.466 e. The maximum absolute atomic E-state index is 13.1. The third-order valence-corrected chi connectivity index (χ3v) is 8.08. The Balaban J connectivity index is 1.25. The molecule has 0 aliphatic carbocycles. The molecule has 1 saturated heterocycles. The standard InChI is InChI=1S/C30H34N6O4S/c1-4-40-27(39)13-12-25(37)35-15-14-34(17-21(35)3)26(38)19-41-30-31-29-28(32-33-30)23-16-20(2)10-11-24(23)36(29)18-22-8-6-5-7-9-22/h5-11,16,21H,4,12-15,17-19H2,1-3H3. The van der Waals surface area contributed by atoms with E-state index in [4.69, 9.17) is 9.72 Å². The smallest absolute Gasteiger partial charge is 0.306 e. The van der Waals surface area contributed by atoms with E-state index in [-0.39, 0.29) is 42.4 Å². The molecule has 0 N–H and O–H groups in total. The second kappa shape index (κ2) is 12.7. The van der Waals surface area contributed by atoms with Gasteiger partial charge in [-0.15, -0.1) is 10.2 Å². The molecule has 0 saturated carbocycles. The topological polar surface area (TPSA) is 111 Å². The summed E-state index contributed by atoms with van der Waals surface area (Å²) in [6.07, 6.45) is 0.178. The van der Waals surface area contributed by atoms with Crippen molar-refractivity contribution in [3.05, 3.63) is 59.7 Å². The lowest BCUT2D eigenvalue weighted by Gasteiger charge is -2.40. The molecule has 4 aromatic rings. The van der Waals surface area contributed by atoms with Crippen LogP contribution in [0.1, 0.15) is 37.8 Å². The zero-order chi connectivity index (χ0) is 28.9. The number of ether oxygens (including phenoxy) is 1. The molecule has 11 heteroatoms. The largest absolute Gasteiger partial charge is 0.466 e. The lowest BCUT2D eigenvalue weighted by molar-refractivity contribution is -0.147. The molecule has 2 aromatic heterocycles. The molecule has 0 radical (unpaired) electrons. The van der Waals surface area contributed by atoms with Crippen LogP contribution in [-0.2, 0) is 25.7 Å². The third kappa shape index (κ3) is 6.51. The van der Waals surface area contributed by atoms with Gasteiger partial charge in [0.05, 0.1) is 24.3 Å². The van der Waals surface area contributed by atoms with Crippen molar-refractivity contribution in [2.75, 3.05) is 32.0 Å². The molecule has 2 amide bonds. The number of aryl methyl sites for hydroxylation is 1. The van der Waals surface area contributed by atoms with Gasteiger partial charge >= 0.3 is 5.97 Å². The van der Waals surface area contributed by atoms with E-state index in [1.807, 2.05) is 25.1 Å².